The lowest BCUT2D eigenvalue weighted by Crippen LogP contribution is -2.09. The molecular weight excluding hydrogens is 224 g/mol. The number of ketones is 1. The number of rotatable bonds is 3. The maximum Gasteiger partial charge on any atom is 0.179 e. The van der Waals surface area contributed by atoms with Crippen LogP contribution in [0.25, 0.3) is 0 Å². The van der Waals surface area contributed by atoms with Crippen LogP contribution in [0.3, 0.4) is 0 Å². The van der Waals surface area contributed by atoms with E-state index < -0.39 is 10.8 Å². The van der Waals surface area contributed by atoms with Crippen LogP contribution in [0.1, 0.15) is 10.4 Å². The Morgan fingerprint density at radius 1 is 1.57 bits per heavy atom. The number of aromatic hydroxyl groups is 1. The zero-order valence-corrected chi connectivity index (χ0v) is 9.06. The van der Waals surface area contributed by atoms with E-state index in [1.54, 1.807) is 0 Å². The topological polar surface area (TPSA) is 54.4 Å². The zero-order valence-electron chi connectivity index (χ0n) is 7.49. The zero-order chi connectivity index (χ0) is 10.7. The van der Waals surface area contributed by atoms with Gasteiger partial charge in [0.1, 0.15) is 5.75 Å². The number of phenols is 1. The molecule has 0 amide bonds. The van der Waals surface area contributed by atoms with Crippen LogP contribution in [0.15, 0.2) is 18.2 Å². The van der Waals surface area contributed by atoms with Crippen molar-refractivity contribution in [1.82, 2.24) is 0 Å². The normalized spacial score (nSPS) is 12.4. The smallest absolute Gasteiger partial charge is 0.179 e. The Morgan fingerprint density at radius 2 is 2.21 bits per heavy atom. The van der Waals surface area contributed by atoms with Gasteiger partial charge in [-0.05, 0) is 18.2 Å². The molecule has 5 heteroatoms. The molecule has 0 aliphatic carbocycles. The molecular formula is C9H9ClO3S. The van der Waals surface area contributed by atoms with Gasteiger partial charge >= 0.3 is 0 Å². The summed E-state index contributed by atoms with van der Waals surface area (Å²) in [6.45, 7) is 0. The van der Waals surface area contributed by atoms with Gasteiger partial charge in [-0.2, -0.15) is 0 Å². The molecule has 0 saturated carbocycles. The molecule has 0 aromatic heterocycles. The molecule has 1 N–H and O–H groups in total. The number of halogens is 1. The van der Waals surface area contributed by atoms with Crippen molar-refractivity contribution in [2.45, 2.75) is 0 Å². The molecule has 0 spiro atoms. The second kappa shape index (κ2) is 4.57. The van der Waals surface area contributed by atoms with Crippen molar-refractivity contribution in [2.75, 3.05) is 12.0 Å². The van der Waals surface area contributed by atoms with Crippen molar-refractivity contribution in [3.8, 4) is 5.75 Å². The van der Waals surface area contributed by atoms with E-state index in [0.717, 1.165) is 0 Å². The molecule has 1 atom stereocenters. The highest BCUT2D eigenvalue weighted by molar-refractivity contribution is 7.85. The molecule has 0 aliphatic rings. The number of benzene rings is 1. The highest BCUT2D eigenvalue weighted by Gasteiger charge is 2.12. The first-order valence-corrected chi connectivity index (χ1v) is 5.93. The summed E-state index contributed by atoms with van der Waals surface area (Å²) < 4.78 is 10.8. The Kier molecular flexibility index (Phi) is 3.66. The van der Waals surface area contributed by atoms with Crippen molar-refractivity contribution in [1.29, 1.82) is 0 Å². The highest BCUT2D eigenvalue weighted by Crippen LogP contribution is 2.22. The summed E-state index contributed by atoms with van der Waals surface area (Å²) in [7, 11) is -1.20. The lowest BCUT2D eigenvalue weighted by Gasteiger charge is -2.02. The summed E-state index contributed by atoms with van der Waals surface area (Å²) in [5.74, 6) is -0.609. The Balaban J connectivity index is 2.96. The van der Waals surface area contributed by atoms with E-state index in [9.17, 15) is 14.1 Å². The summed E-state index contributed by atoms with van der Waals surface area (Å²) in [5.41, 5.74) is 0.157. The Hall–Kier alpha value is -0.870. The number of carbonyl (C=O) groups excluding carboxylic acids is 1. The molecule has 14 heavy (non-hydrogen) atoms. The summed E-state index contributed by atoms with van der Waals surface area (Å²) in [6, 6.07) is 4.22. The van der Waals surface area contributed by atoms with Gasteiger partial charge < -0.3 is 5.11 Å². The van der Waals surface area contributed by atoms with Crippen molar-refractivity contribution >= 4 is 28.2 Å². The van der Waals surface area contributed by atoms with E-state index in [-0.39, 0.29) is 22.8 Å². The monoisotopic (exact) mass is 232 g/mol. The second-order valence-electron chi connectivity index (χ2n) is 2.80. The van der Waals surface area contributed by atoms with Crippen LogP contribution in [0.2, 0.25) is 5.02 Å². The van der Waals surface area contributed by atoms with Gasteiger partial charge in [0.25, 0.3) is 0 Å². The Labute approximate surface area is 89.2 Å². The summed E-state index contributed by atoms with van der Waals surface area (Å²) in [5, 5.41) is 9.73. The van der Waals surface area contributed by atoms with Crippen molar-refractivity contribution in [3.63, 3.8) is 0 Å². The largest absolute Gasteiger partial charge is 0.507 e. The minimum atomic E-state index is -1.20. The third kappa shape index (κ3) is 2.82. The minimum absolute atomic E-state index is 0.0881. The molecule has 0 bridgehead atoms. The van der Waals surface area contributed by atoms with E-state index in [1.807, 2.05) is 0 Å². The summed E-state index contributed by atoms with van der Waals surface area (Å²) in [4.78, 5) is 11.4. The molecule has 1 aromatic rings. The van der Waals surface area contributed by atoms with Crippen molar-refractivity contribution < 1.29 is 14.1 Å². The van der Waals surface area contributed by atoms with Crippen LogP contribution in [-0.2, 0) is 10.8 Å². The summed E-state index contributed by atoms with van der Waals surface area (Å²) in [6.07, 6.45) is 1.44. The van der Waals surface area contributed by atoms with E-state index >= 15 is 0 Å². The lowest BCUT2D eigenvalue weighted by atomic mass is 10.1. The van der Waals surface area contributed by atoms with E-state index in [4.69, 9.17) is 11.6 Å². The second-order valence-corrected chi connectivity index (χ2v) is 4.67. The quantitative estimate of drug-likeness (QED) is 0.806. The fourth-order valence-electron chi connectivity index (χ4n) is 1.00. The van der Waals surface area contributed by atoms with Crippen LogP contribution in [0.5, 0.6) is 5.75 Å². The maximum absolute atomic E-state index is 11.4. The average Bonchev–Trinajstić information content (AvgIpc) is 2.01. The molecule has 76 valence electrons. The predicted molar refractivity (Wildman–Crippen MR) is 56.4 cm³/mol. The van der Waals surface area contributed by atoms with Gasteiger partial charge in [0.05, 0.1) is 11.3 Å². The molecule has 0 fully saturated rings. The Bertz CT molecular complexity index is 390. The fraction of sp³-hybridized carbons (Fsp3) is 0.222. The maximum atomic E-state index is 11.4. The van der Waals surface area contributed by atoms with Gasteiger partial charge in [-0.15, -0.1) is 0 Å². The molecule has 1 unspecified atom stereocenters. The van der Waals surface area contributed by atoms with Crippen LogP contribution in [-0.4, -0.2) is 27.1 Å². The van der Waals surface area contributed by atoms with Gasteiger partial charge in [-0.3, -0.25) is 9.00 Å². The minimum Gasteiger partial charge on any atom is -0.507 e. The first-order chi connectivity index (χ1) is 6.50. The first kappa shape index (κ1) is 11.2. The molecule has 0 heterocycles. The summed E-state index contributed by atoms with van der Waals surface area (Å²) >= 11 is 5.60. The Morgan fingerprint density at radius 3 is 2.71 bits per heavy atom. The van der Waals surface area contributed by atoms with Crippen LogP contribution >= 0.6 is 11.6 Å². The molecule has 0 radical (unpaired) electrons. The van der Waals surface area contributed by atoms with Gasteiger partial charge in [-0.25, -0.2) is 0 Å². The van der Waals surface area contributed by atoms with Gasteiger partial charge in [0, 0.05) is 22.1 Å². The van der Waals surface area contributed by atoms with Crippen molar-refractivity contribution in [3.05, 3.63) is 28.8 Å². The van der Waals surface area contributed by atoms with Crippen LogP contribution in [0, 0.1) is 0 Å². The predicted octanol–water partition coefficient (Wildman–Crippen LogP) is 1.61. The number of carbonyl (C=O) groups is 1. The molecule has 1 aromatic carbocycles. The van der Waals surface area contributed by atoms with Gasteiger partial charge in [-0.1, -0.05) is 11.6 Å². The molecule has 0 saturated heterocycles. The third-order valence-corrected chi connectivity index (χ3v) is 2.50. The van der Waals surface area contributed by atoms with E-state index in [1.165, 1.54) is 24.5 Å². The van der Waals surface area contributed by atoms with Gasteiger partial charge in [0.2, 0.25) is 0 Å². The van der Waals surface area contributed by atoms with Crippen LogP contribution < -0.4 is 0 Å². The third-order valence-electron chi connectivity index (χ3n) is 1.59. The first-order valence-electron chi connectivity index (χ1n) is 3.82. The van der Waals surface area contributed by atoms with Crippen molar-refractivity contribution in [2.24, 2.45) is 0 Å². The molecule has 0 aliphatic heterocycles. The van der Waals surface area contributed by atoms with Crippen LogP contribution in [0.4, 0.5) is 0 Å². The standard InChI is InChI=1S/C9H9ClO3S/c1-14(13)5-9(12)7-3-2-6(10)4-8(7)11/h2-4,11H,5H2,1H3. The highest BCUT2D eigenvalue weighted by atomic mass is 35.5. The van der Waals surface area contributed by atoms with E-state index in [2.05, 4.69) is 0 Å². The molecule has 3 nitrogen and oxygen atoms in total. The fourth-order valence-corrected chi connectivity index (χ4v) is 1.69. The van der Waals surface area contributed by atoms with Gasteiger partial charge in [0.15, 0.2) is 5.78 Å². The number of Topliss-reactive ketones (excluding diaryl/α,β-unsaturated/α-hetero) is 1. The number of phenolic OH excluding ortho intramolecular Hbond substituents is 1. The number of hydrogen-bond donors (Lipinski definition) is 1. The number of hydrogen-bond acceptors (Lipinski definition) is 3. The average molecular weight is 233 g/mol. The lowest BCUT2D eigenvalue weighted by molar-refractivity contribution is 0.101. The van der Waals surface area contributed by atoms with E-state index in [0.29, 0.717) is 5.02 Å². The molecule has 1 rings (SSSR count). The SMILES string of the molecule is CS(=O)CC(=O)c1ccc(Cl)cc1O.